The van der Waals surface area contributed by atoms with Gasteiger partial charge in [0.15, 0.2) is 0 Å². The fourth-order valence-electron chi connectivity index (χ4n) is 1.65. The van der Waals surface area contributed by atoms with Crippen LogP contribution in [0.3, 0.4) is 0 Å². The average Bonchev–Trinajstić information content (AvgIpc) is 2.27. The molecule has 0 fully saturated rings. The molecule has 0 saturated carbocycles. The van der Waals surface area contributed by atoms with Gasteiger partial charge in [0, 0.05) is 6.04 Å². The Hall–Kier alpha value is -1.25. The predicted octanol–water partition coefficient (Wildman–Crippen LogP) is 3.29. The Morgan fingerprint density at radius 1 is 1.06 bits per heavy atom. The molecule has 0 spiro atoms. The molecule has 1 atom stereocenters. The second kappa shape index (κ2) is 5.19. The summed E-state index contributed by atoms with van der Waals surface area (Å²) in [5, 5.41) is 2.38. The minimum atomic E-state index is 0. The van der Waals surface area contributed by atoms with Crippen LogP contribution in [0.15, 0.2) is 36.4 Å². The van der Waals surface area contributed by atoms with Gasteiger partial charge in [-0.25, -0.2) is 0 Å². The van der Waals surface area contributed by atoms with Crippen LogP contribution >= 0.6 is 12.4 Å². The van der Waals surface area contributed by atoms with E-state index >= 15 is 0 Å². The summed E-state index contributed by atoms with van der Waals surface area (Å²) >= 11 is 0. The average molecular weight is 238 g/mol. The van der Waals surface area contributed by atoms with Gasteiger partial charge in [-0.15, -0.1) is 12.4 Å². The molecule has 0 radical (unpaired) electrons. The zero-order chi connectivity index (χ0) is 10.8. The molecule has 2 rings (SSSR count). The molecule has 2 nitrogen and oxygen atoms in total. The van der Waals surface area contributed by atoms with Crippen LogP contribution < -0.4 is 10.5 Å². The Morgan fingerprint density at radius 3 is 2.31 bits per heavy atom. The molecule has 0 aliphatic rings. The molecule has 0 amide bonds. The first kappa shape index (κ1) is 12.8. The second-order valence-corrected chi connectivity index (χ2v) is 3.76. The van der Waals surface area contributed by atoms with E-state index in [2.05, 4.69) is 24.3 Å². The fourth-order valence-corrected chi connectivity index (χ4v) is 1.65. The molecular weight excluding hydrogens is 222 g/mol. The zero-order valence-corrected chi connectivity index (χ0v) is 10.3. The molecule has 0 aromatic heterocycles. The third kappa shape index (κ3) is 2.46. The Bertz CT molecular complexity index is 482. The SMILES string of the molecule is COc1ccc2cc([C@H](C)N)ccc2c1.Cl. The smallest absolute Gasteiger partial charge is 0.119 e. The number of halogens is 1. The van der Waals surface area contributed by atoms with Crippen LogP contribution in [0.1, 0.15) is 18.5 Å². The van der Waals surface area contributed by atoms with E-state index in [0.717, 1.165) is 11.3 Å². The lowest BCUT2D eigenvalue weighted by atomic mass is 10.0. The van der Waals surface area contributed by atoms with Crippen molar-refractivity contribution in [3.8, 4) is 5.75 Å². The minimum absolute atomic E-state index is 0. The molecule has 0 unspecified atom stereocenters. The van der Waals surface area contributed by atoms with E-state index in [1.807, 2.05) is 19.1 Å². The zero-order valence-electron chi connectivity index (χ0n) is 9.44. The topological polar surface area (TPSA) is 35.2 Å². The third-order valence-corrected chi connectivity index (χ3v) is 2.60. The number of fused-ring (bicyclic) bond motifs is 1. The van der Waals surface area contributed by atoms with Crippen LogP contribution in [0.25, 0.3) is 10.8 Å². The van der Waals surface area contributed by atoms with Gasteiger partial charge in [-0.1, -0.05) is 18.2 Å². The van der Waals surface area contributed by atoms with Crippen molar-refractivity contribution < 1.29 is 4.74 Å². The van der Waals surface area contributed by atoms with Crippen LogP contribution in [0.5, 0.6) is 5.75 Å². The minimum Gasteiger partial charge on any atom is -0.497 e. The molecule has 0 aliphatic carbocycles. The van der Waals surface area contributed by atoms with E-state index < -0.39 is 0 Å². The highest BCUT2D eigenvalue weighted by molar-refractivity contribution is 5.85. The number of rotatable bonds is 2. The van der Waals surface area contributed by atoms with Crippen LogP contribution in [0.4, 0.5) is 0 Å². The quantitative estimate of drug-likeness (QED) is 0.870. The maximum Gasteiger partial charge on any atom is 0.119 e. The molecule has 86 valence electrons. The van der Waals surface area contributed by atoms with Crippen LogP contribution in [0, 0.1) is 0 Å². The van der Waals surface area contributed by atoms with E-state index in [4.69, 9.17) is 10.5 Å². The van der Waals surface area contributed by atoms with Crippen molar-refractivity contribution in [2.45, 2.75) is 13.0 Å². The van der Waals surface area contributed by atoms with E-state index in [9.17, 15) is 0 Å². The van der Waals surface area contributed by atoms with Gasteiger partial charge in [-0.2, -0.15) is 0 Å². The fraction of sp³-hybridized carbons (Fsp3) is 0.231. The Labute approximate surface area is 102 Å². The summed E-state index contributed by atoms with van der Waals surface area (Å²) in [6, 6.07) is 12.4. The summed E-state index contributed by atoms with van der Waals surface area (Å²) < 4.78 is 5.18. The van der Waals surface area contributed by atoms with Crippen molar-refractivity contribution in [1.29, 1.82) is 0 Å². The highest BCUT2D eigenvalue weighted by atomic mass is 35.5. The molecule has 2 N–H and O–H groups in total. The summed E-state index contributed by atoms with van der Waals surface area (Å²) in [5.74, 6) is 0.885. The second-order valence-electron chi connectivity index (χ2n) is 3.76. The van der Waals surface area contributed by atoms with Gasteiger partial charge < -0.3 is 10.5 Å². The lowest BCUT2D eigenvalue weighted by Gasteiger charge is -2.08. The maximum absolute atomic E-state index is 5.84. The highest BCUT2D eigenvalue weighted by Crippen LogP contribution is 2.23. The van der Waals surface area contributed by atoms with E-state index in [-0.39, 0.29) is 18.4 Å². The van der Waals surface area contributed by atoms with Crippen LogP contribution in [-0.2, 0) is 0 Å². The molecule has 2 aromatic rings. The Kier molecular flexibility index (Phi) is 4.16. The summed E-state index contributed by atoms with van der Waals surface area (Å²) in [5.41, 5.74) is 7.00. The number of hydrogen-bond acceptors (Lipinski definition) is 2. The predicted molar refractivity (Wildman–Crippen MR) is 70.4 cm³/mol. The monoisotopic (exact) mass is 237 g/mol. The standard InChI is InChI=1S/C13H15NO.ClH/c1-9(14)10-3-4-12-8-13(15-2)6-5-11(12)7-10;/h3-9H,14H2,1-2H3;1H/t9-;/m0./s1. The van der Waals surface area contributed by atoms with Gasteiger partial charge in [0.2, 0.25) is 0 Å². The van der Waals surface area contributed by atoms with Crippen molar-refractivity contribution in [3.63, 3.8) is 0 Å². The van der Waals surface area contributed by atoms with Gasteiger partial charge in [-0.3, -0.25) is 0 Å². The maximum atomic E-state index is 5.84. The molecule has 0 bridgehead atoms. The first-order valence-electron chi connectivity index (χ1n) is 5.04. The van der Waals surface area contributed by atoms with Crippen molar-refractivity contribution in [2.75, 3.05) is 7.11 Å². The number of benzene rings is 2. The Morgan fingerprint density at radius 2 is 1.69 bits per heavy atom. The number of hydrogen-bond donors (Lipinski definition) is 1. The van der Waals surface area contributed by atoms with Crippen LogP contribution in [0.2, 0.25) is 0 Å². The Balaban J connectivity index is 0.00000128. The van der Waals surface area contributed by atoms with Crippen molar-refractivity contribution >= 4 is 23.2 Å². The van der Waals surface area contributed by atoms with E-state index in [1.165, 1.54) is 10.8 Å². The first-order chi connectivity index (χ1) is 7.20. The summed E-state index contributed by atoms with van der Waals surface area (Å²) in [7, 11) is 1.68. The van der Waals surface area contributed by atoms with Gasteiger partial charge >= 0.3 is 0 Å². The molecule has 0 heterocycles. The molecule has 16 heavy (non-hydrogen) atoms. The van der Waals surface area contributed by atoms with Crippen molar-refractivity contribution in [2.24, 2.45) is 5.73 Å². The lowest BCUT2D eigenvalue weighted by Crippen LogP contribution is -2.04. The van der Waals surface area contributed by atoms with E-state index in [1.54, 1.807) is 7.11 Å². The van der Waals surface area contributed by atoms with Crippen molar-refractivity contribution in [1.82, 2.24) is 0 Å². The molecule has 2 aromatic carbocycles. The number of methoxy groups -OCH3 is 1. The lowest BCUT2D eigenvalue weighted by molar-refractivity contribution is 0.415. The normalized spacial score (nSPS) is 11.9. The van der Waals surface area contributed by atoms with Gasteiger partial charge in [0.05, 0.1) is 7.11 Å². The summed E-state index contributed by atoms with van der Waals surface area (Å²) in [4.78, 5) is 0. The first-order valence-corrected chi connectivity index (χ1v) is 5.04. The molecule has 0 aliphatic heterocycles. The third-order valence-electron chi connectivity index (χ3n) is 2.60. The molecule has 0 saturated heterocycles. The number of ether oxygens (including phenoxy) is 1. The van der Waals surface area contributed by atoms with Gasteiger partial charge in [-0.05, 0) is 41.5 Å². The van der Waals surface area contributed by atoms with E-state index in [0.29, 0.717) is 0 Å². The largest absolute Gasteiger partial charge is 0.497 e. The molecule has 3 heteroatoms. The number of nitrogens with two attached hydrogens (primary N) is 1. The molecular formula is C13H16ClNO. The van der Waals surface area contributed by atoms with Gasteiger partial charge in [0.25, 0.3) is 0 Å². The summed E-state index contributed by atoms with van der Waals surface area (Å²) in [6.45, 7) is 1.99. The van der Waals surface area contributed by atoms with Gasteiger partial charge in [0.1, 0.15) is 5.75 Å². The highest BCUT2D eigenvalue weighted by Gasteiger charge is 2.01. The summed E-state index contributed by atoms with van der Waals surface area (Å²) in [6.07, 6.45) is 0. The van der Waals surface area contributed by atoms with Crippen LogP contribution in [-0.4, -0.2) is 7.11 Å². The van der Waals surface area contributed by atoms with Crippen molar-refractivity contribution in [3.05, 3.63) is 42.0 Å².